The van der Waals surface area contributed by atoms with Crippen LogP contribution in [-0.4, -0.2) is 18.8 Å². The Morgan fingerprint density at radius 1 is 1.42 bits per heavy atom. The second-order valence-corrected chi connectivity index (χ2v) is 2.79. The molecule has 0 aliphatic carbocycles. The van der Waals surface area contributed by atoms with Crippen LogP contribution in [0.1, 0.15) is 5.56 Å². The van der Waals surface area contributed by atoms with E-state index in [0.717, 1.165) is 5.56 Å². The molecule has 2 rings (SSSR count). The van der Waals surface area contributed by atoms with Crippen molar-refractivity contribution in [3.05, 3.63) is 29.8 Å². The normalized spacial score (nSPS) is 27.1. The van der Waals surface area contributed by atoms with Gasteiger partial charge in [0.1, 0.15) is 12.4 Å². The minimum absolute atomic E-state index is 0.255. The van der Waals surface area contributed by atoms with Crippen molar-refractivity contribution in [2.75, 3.05) is 13.7 Å². The summed E-state index contributed by atoms with van der Waals surface area (Å²) in [5.41, 5.74) is 0.947. The summed E-state index contributed by atoms with van der Waals surface area (Å²) < 4.78 is 10.3. The zero-order valence-corrected chi connectivity index (χ0v) is 6.78. The molecule has 1 unspecified atom stereocenters. The standard InChI is InChI=1S/C9H10O3/c1-11-9(6-12-9)7-2-4-8(10)5-3-7/h2-5,10H,6H2,1H3. The topological polar surface area (TPSA) is 42.0 Å². The Hall–Kier alpha value is -1.06. The van der Waals surface area contributed by atoms with Crippen LogP contribution in [0.25, 0.3) is 0 Å². The van der Waals surface area contributed by atoms with Crippen molar-refractivity contribution < 1.29 is 14.6 Å². The van der Waals surface area contributed by atoms with Gasteiger partial charge in [0.25, 0.3) is 0 Å². The predicted molar refractivity (Wildman–Crippen MR) is 42.7 cm³/mol. The molecule has 12 heavy (non-hydrogen) atoms. The van der Waals surface area contributed by atoms with Crippen molar-refractivity contribution in [3.8, 4) is 5.75 Å². The van der Waals surface area contributed by atoms with Crippen LogP contribution in [-0.2, 0) is 15.3 Å². The number of methoxy groups -OCH3 is 1. The van der Waals surface area contributed by atoms with E-state index in [-0.39, 0.29) is 5.75 Å². The molecule has 1 saturated heterocycles. The number of hydrogen-bond donors (Lipinski definition) is 1. The fourth-order valence-electron chi connectivity index (χ4n) is 1.18. The minimum Gasteiger partial charge on any atom is -0.508 e. The monoisotopic (exact) mass is 166 g/mol. The van der Waals surface area contributed by atoms with Gasteiger partial charge in [-0.2, -0.15) is 0 Å². The summed E-state index contributed by atoms with van der Waals surface area (Å²) in [6.45, 7) is 0.592. The third-order valence-corrected chi connectivity index (χ3v) is 2.04. The SMILES string of the molecule is COC1(c2ccc(O)cc2)CO1. The maximum absolute atomic E-state index is 9.03. The molecular formula is C9H10O3. The van der Waals surface area contributed by atoms with E-state index in [0.29, 0.717) is 6.61 Å². The molecule has 3 heteroatoms. The average molecular weight is 166 g/mol. The number of benzene rings is 1. The molecule has 1 aliphatic heterocycles. The van der Waals surface area contributed by atoms with Crippen molar-refractivity contribution in [1.29, 1.82) is 0 Å². The van der Waals surface area contributed by atoms with Crippen LogP contribution in [0.15, 0.2) is 24.3 Å². The lowest BCUT2D eigenvalue weighted by molar-refractivity contribution is -0.0138. The summed E-state index contributed by atoms with van der Waals surface area (Å²) in [5.74, 6) is -0.279. The molecule has 0 radical (unpaired) electrons. The van der Waals surface area contributed by atoms with E-state index in [9.17, 15) is 0 Å². The molecular weight excluding hydrogens is 156 g/mol. The fourth-order valence-corrected chi connectivity index (χ4v) is 1.18. The van der Waals surface area contributed by atoms with E-state index in [1.54, 1.807) is 31.4 Å². The van der Waals surface area contributed by atoms with E-state index in [1.807, 2.05) is 0 Å². The number of phenolic OH excluding ortho intramolecular Hbond substituents is 1. The highest BCUT2D eigenvalue weighted by Gasteiger charge is 2.47. The Morgan fingerprint density at radius 2 is 2.00 bits per heavy atom. The molecule has 1 atom stereocenters. The third-order valence-electron chi connectivity index (χ3n) is 2.04. The zero-order valence-electron chi connectivity index (χ0n) is 6.78. The summed E-state index contributed by atoms with van der Waals surface area (Å²) in [5, 5.41) is 9.03. The molecule has 0 aromatic heterocycles. The van der Waals surface area contributed by atoms with Crippen molar-refractivity contribution in [2.45, 2.75) is 5.79 Å². The fraction of sp³-hybridized carbons (Fsp3) is 0.333. The Labute approximate surface area is 70.5 Å². The Bertz CT molecular complexity index is 274. The van der Waals surface area contributed by atoms with E-state index in [2.05, 4.69) is 0 Å². The van der Waals surface area contributed by atoms with Gasteiger partial charge >= 0.3 is 0 Å². The van der Waals surface area contributed by atoms with Crippen molar-refractivity contribution >= 4 is 0 Å². The number of aromatic hydroxyl groups is 1. The maximum atomic E-state index is 9.03. The van der Waals surface area contributed by atoms with Gasteiger partial charge in [0.05, 0.1) is 0 Å². The summed E-state index contributed by atoms with van der Waals surface area (Å²) in [7, 11) is 1.61. The van der Waals surface area contributed by atoms with Gasteiger partial charge in [-0.15, -0.1) is 0 Å². The minimum atomic E-state index is -0.534. The van der Waals surface area contributed by atoms with E-state index in [1.165, 1.54) is 0 Å². The first kappa shape index (κ1) is 7.58. The maximum Gasteiger partial charge on any atom is 0.219 e. The molecule has 0 saturated carbocycles. The summed E-state index contributed by atoms with van der Waals surface area (Å²) in [4.78, 5) is 0. The van der Waals surface area contributed by atoms with Crippen LogP contribution in [0.3, 0.4) is 0 Å². The highest BCUT2D eigenvalue weighted by atomic mass is 16.8. The van der Waals surface area contributed by atoms with Gasteiger partial charge in [0.15, 0.2) is 0 Å². The largest absolute Gasteiger partial charge is 0.508 e. The molecule has 1 aromatic rings. The molecule has 64 valence electrons. The molecule has 1 N–H and O–H groups in total. The number of hydrogen-bond acceptors (Lipinski definition) is 3. The first-order chi connectivity index (χ1) is 5.77. The van der Waals surface area contributed by atoms with E-state index < -0.39 is 5.79 Å². The van der Waals surface area contributed by atoms with Crippen LogP contribution >= 0.6 is 0 Å². The van der Waals surface area contributed by atoms with Crippen LogP contribution in [0.4, 0.5) is 0 Å². The van der Waals surface area contributed by atoms with Gasteiger partial charge in [0.2, 0.25) is 5.79 Å². The van der Waals surface area contributed by atoms with Crippen molar-refractivity contribution in [1.82, 2.24) is 0 Å². The molecule has 0 bridgehead atoms. The third kappa shape index (κ3) is 1.07. The number of ether oxygens (including phenoxy) is 2. The predicted octanol–water partition coefficient (Wildman–Crippen LogP) is 1.22. The lowest BCUT2D eigenvalue weighted by Gasteiger charge is -2.08. The highest BCUT2D eigenvalue weighted by Crippen LogP contribution is 2.39. The van der Waals surface area contributed by atoms with Gasteiger partial charge in [-0.3, -0.25) is 0 Å². The number of rotatable bonds is 2. The molecule has 1 aliphatic rings. The van der Waals surface area contributed by atoms with Gasteiger partial charge in [-0.25, -0.2) is 0 Å². The van der Waals surface area contributed by atoms with Crippen molar-refractivity contribution in [3.63, 3.8) is 0 Å². The van der Waals surface area contributed by atoms with Crippen LogP contribution in [0.5, 0.6) is 5.75 Å². The second kappa shape index (κ2) is 2.47. The second-order valence-electron chi connectivity index (χ2n) is 2.79. The van der Waals surface area contributed by atoms with Gasteiger partial charge in [-0.05, 0) is 24.3 Å². The summed E-state index contributed by atoms with van der Waals surface area (Å²) in [6.07, 6.45) is 0. The summed E-state index contributed by atoms with van der Waals surface area (Å²) in [6, 6.07) is 6.84. The average Bonchev–Trinajstić information content (AvgIpc) is 2.86. The number of phenols is 1. The van der Waals surface area contributed by atoms with Gasteiger partial charge in [0, 0.05) is 12.7 Å². The smallest absolute Gasteiger partial charge is 0.219 e. The Morgan fingerprint density at radius 3 is 2.42 bits per heavy atom. The Balaban J connectivity index is 2.29. The summed E-state index contributed by atoms with van der Waals surface area (Å²) >= 11 is 0. The first-order valence-electron chi connectivity index (χ1n) is 3.75. The molecule has 1 heterocycles. The van der Waals surface area contributed by atoms with Gasteiger partial charge in [-0.1, -0.05) is 0 Å². The van der Waals surface area contributed by atoms with E-state index in [4.69, 9.17) is 14.6 Å². The van der Waals surface area contributed by atoms with Gasteiger partial charge < -0.3 is 14.6 Å². The van der Waals surface area contributed by atoms with E-state index >= 15 is 0 Å². The zero-order chi connectivity index (χ0) is 8.60. The molecule has 1 fully saturated rings. The van der Waals surface area contributed by atoms with Crippen LogP contribution < -0.4 is 0 Å². The lowest BCUT2D eigenvalue weighted by Crippen LogP contribution is -2.10. The molecule has 0 spiro atoms. The van der Waals surface area contributed by atoms with Crippen LogP contribution in [0.2, 0.25) is 0 Å². The molecule has 1 aromatic carbocycles. The first-order valence-corrected chi connectivity index (χ1v) is 3.75. The molecule has 3 nitrogen and oxygen atoms in total. The number of epoxide rings is 1. The quantitative estimate of drug-likeness (QED) is 0.672. The van der Waals surface area contributed by atoms with Crippen LogP contribution in [0, 0.1) is 0 Å². The molecule has 0 amide bonds. The Kier molecular flexibility index (Phi) is 1.56. The lowest BCUT2D eigenvalue weighted by atomic mass is 10.1. The van der Waals surface area contributed by atoms with Crippen molar-refractivity contribution in [2.24, 2.45) is 0 Å². The highest BCUT2D eigenvalue weighted by molar-refractivity contribution is 5.30.